The molecule has 0 aromatic carbocycles. The maximum Gasteiger partial charge on any atom is 0.293 e. The molecule has 0 spiro atoms. The number of hydrogen-bond acceptors (Lipinski definition) is 6. The molecule has 0 saturated heterocycles. The van der Waals surface area contributed by atoms with Gasteiger partial charge in [-0.25, -0.2) is 4.98 Å². The zero-order valence-corrected chi connectivity index (χ0v) is 14.0. The molecule has 3 aromatic heterocycles. The Morgan fingerprint density at radius 2 is 2.16 bits per heavy atom. The van der Waals surface area contributed by atoms with Crippen LogP contribution in [0.25, 0.3) is 0 Å². The van der Waals surface area contributed by atoms with Crippen LogP contribution in [0.4, 0.5) is 5.13 Å². The van der Waals surface area contributed by atoms with Crippen LogP contribution in [0.1, 0.15) is 31.6 Å². The largest absolute Gasteiger partial charge is 0.459 e. The van der Waals surface area contributed by atoms with E-state index < -0.39 is 0 Å². The van der Waals surface area contributed by atoms with Gasteiger partial charge in [-0.2, -0.15) is 0 Å². The number of carbonyl (C=O) groups is 2. The summed E-state index contributed by atoms with van der Waals surface area (Å²) in [6.45, 7) is 1.05. The number of rotatable bonds is 3. The van der Waals surface area contributed by atoms with E-state index in [-0.39, 0.29) is 17.6 Å². The molecule has 0 unspecified atom stereocenters. The van der Waals surface area contributed by atoms with Crippen molar-refractivity contribution >= 4 is 28.3 Å². The van der Waals surface area contributed by atoms with Gasteiger partial charge in [-0.05, 0) is 24.3 Å². The lowest BCUT2D eigenvalue weighted by Gasteiger charge is -2.25. The number of nitrogens with zero attached hydrogens (tertiary/aromatic N) is 3. The number of fused-ring (bicyclic) bond motifs is 1. The molecule has 0 atom stereocenters. The predicted octanol–water partition coefficient (Wildman–Crippen LogP) is 2.58. The second-order valence-corrected chi connectivity index (χ2v) is 6.60. The highest BCUT2D eigenvalue weighted by Gasteiger charge is 2.26. The summed E-state index contributed by atoms with van der Waals surface area (Å²) in [6, 6.07) is 8.53. The van der Waals surface area contributed by atoms with E-state index in [4.69, 9.17) is 4.42 Å². The molecule has 2 amide bonds. The highest BCUT2D eigenvalue weighted by molar-refractivity contribution is 7.15. The quantitative estimate of drug-likeness (QED) is 0.781. The lowest BCUT2D eigenvalue weighted by atomic mass is 10.1. The lowest BCUT2D eigenvalue weighted by molar-refractivity contribution is 0.0730. The Labute approximate surface area is 147 Å². The van der Waals surface area contributed by atoms with Crippen LogP contribution < -0.4 is 5.32 Å². The number of anilines is 1. The average molecular weight is 354 g/mol. The zero-order chi connectivity index (χ0) is 17.2. The first-order chi connectivity index (χ1) is 12.2. The second-order valence-electron chi connectivity index (χ2n) is 5.51. The molecule has 126 valence electrons. The number of furan rings is 1. The predicted molar refractivity (Wildman–Crippen MR) is 91.5 cm³/mol. The maximum absolute atomic E-state index is 12.5. The monoisotopic (exact) mass is 354 g/mol. The van der Waals surface area contributed by atoms with Crippen molar-refractivity contribution in [1.82, 2.24) is 14.9 Å². The van der Waals surface area contributed by atoms with Crippen LogP contribution in [0.3, 0.4) is 0 Å². The van der Waals surface area contributed by atoms with Crippen molar-refractivity contribution in [2.75, 3.05) is 11.9 Å². The first kappa shape index (κ1) is 15.5. The highest BCUT2D eigenvalue weighted by atomic mass is 32.1. The zero-order valence-electron chi connectivity index (χ0n) is 13.1. The van der Waals surface area contributed by atoms with Crippen LogP contribution in [-0.4, -0.2) is 33.2 Å². The van der Waals surface area contributed by atoms with Crippen molar-refractivity contribution < 1.29 is 14.0 Å². The van der Waals surface area contributed by atoms with Crippen LogP contribution in [0.5, 0.6) is 0 Å². The van der Waals surface area contributed by atoms with Crippen LogP contribution >= 0.6 is 11.3 Å². The molecule has 1 aliphatic rings. The molecule has 8 heteroatoms. The van der Waals surface area contributed by atoms with E-state index in [1.54, 1.807) is 41.4 Å². The molecule has 0 bridgehead atoms. The molecule has 0 aliphatic carbocycles. The number of nitrogens with one attached hydrogen (secondary N) is 1. The normalized spacial score (nSPS) is 13.4. The second kappa shape index (κ2) is 6.48. The van der Waals surface area contributed by atoms with Crippen molar-refractivity contribution in [2.24, 2.45) is 0 Å². The summed E-state index contributed by atoms with van der Waals surface area (Å²) < 4.78 is 5.07. The SMILES string of the molecule is O=C(Nc1nc2c(s1)CN(C(=O)c1ccccn1)CC2)c1ccco1. The van der Waals surface area contributed by atoms with Crippen molar-refractivity contribution in [3.8, 4) is 0 Å². The third-order valence-corrected chi connectivity index (χ3v) is 4.87. The number of hydrogen-bond donors (Lipinski definition) is 1. The van der Waals surface area contributed by atoms with Crippen molar-refractivity contribution in [3.05, 3.63) is 64.8 Å². The summed E-state index contributed by atoms with van der Waals surface area (Å²) in [7, 11) is 0. The van der Waals surface area contributed by atoms with E-state index in [1.165, 1.54) is 17.6 Å². The molecule has 0 fully saturated rings. The van der Waals surface area contributed by atoms with Gasteiger partial charge >= 0.3 is 0 Å². The lowest BCUT2D eigenvalue weighted by Crippen LogP contribution is -2.35. The van der Waals surface area contributed by atoms with Crippen LogP contribution in [0.2, 0.25) is 0 Å². The van der Waals surface area contributed by atoms with Crippen LogP contribution in [0, 0.1) is 0 Å². The molecule has 4 heterocycles. The Hall–Kier alpha value is -3.00. The Morgan fingerprint density at radius 1 is 1.24 bits per heavy atom. The Balaban J connectivity index is 1.48. The molecule has 1 N–H and O–H groups in total. The van der Waals surface area contributed by atoms with Gasteiger partial charge < -0.3 is 9.32 Å². The highest BCUT2D eigenvalue weighted by Crippen LogP contribution is 2.29. The first-order valence-corrected chi connectivity index (χ1v) is 8.56. The number of aromatic nitrogens is 2. The van der Waals surface area contributed by atoms with E-state index in [0.717, 1.165) is 10.6 Å². The molecular formula is C17H14N4O3S. The van der Waals surface area contributed by atoms with Gasteiger partial charge in [0, 0.05) is 24.0 Å². The van der Waals surface area contributed by atoms with E-state index in [9.17, 15) is 9.59 Å². The van der Waals surface area contributed by atoms with Crippen LogP contribution in [-0.2, 0) is 13.0 Å². The molecule has 7 nitrogen and oxygen atoms in total. The Morgan fingerprint density at radius 3 is 2.92 bits per heavy atom. The average Bonchev–Trinajstić information content (AvgIpc) is 3.30. The third kappa shape index (κ3) is 3.16. The summed E-state index contributed by atoms with van der Waals surface area (Å²) in [5.74, 6) is -0.196. The Bertz CT molecular complexity index is 905. The van der Waals surface area contributed by atoms with Crippen molar-refractivity contribution in [2.45, 2.75) is 13.0 Å². The van der Waals surface area contributed by atoms with E-state index in [0.29, 0.717) is 30.3 Å². The van der Waals surface area contributed by atoms with Gasteiger partial charge in [-0.1, -0.05) is 17.4 Å². The fraction of sp³-hybridized carbons (Fsp3) is 0.176. The summed E-state index contributed by atoms with van der Waals surface area (Å²) in [4.78, 5) is 35.8. The van der Waals surface area contributed by atoms with E-state index >= 15 is 0 Å². The van der Waals surface area contributed by atoms with Gasteiger partial charge in [0.15, 0.2) is 10.9 Å². The number of thiazole rings is 1. The molecule has 1 aliphatic heterocycles. The topological polar surface area (TPSA) is 88.3 Å². The number of pyridine rings is 1. The number of carbonyl (C=O) groups excluding carboxylic acids is 2. The molecule has 3 aromatic rings. The maximum atomic E-state index is 12.5. The summed E-state index contributed by atoms with van der Waals surface area (Å²) >= 11 is 1.38. The molecule has 25 heavy (non-hydrogen) atoms. The smallest absolute Gasteiger partial charge is 0.293 e. The fourth-order valence-electron chi connectivity index (χ4n) is 2.64. The van der Waals surface area contributed by atoms with Gasteiger partial charge in [0.1, 0.15) is 5.69 Å². The molecule has 0 saturated carbocycles. The van der Waals surface area contributed by atoms with Crippen LogP contribution in [0.15, 0.2) is 47.2 Å². The minimum absolute atomic E-state index is 0.0965. The molecular weight excluding hydrogens is 340 g/mol. The summed E-state index contributed by atoms with van der Waals surface area (Å²) in [5.41, 5.74) is 1.35. The van der Waals surface area contributed by atoms with Crippen molar-refractivity contribution in [1.29, 1.82) is 0 Å². The van der Waals surface area contributed by atoms with Gasteiger partial charge in [-0.3, -0.25) is 19.9 Å². The standard InChI is InChI=1S/C17H14N4O3S/c22-15(13-5-3-9-24-13)20-17-19-11-6-8-21(10-14(11)25-17)16(23)12-4-1-2-7-18-12/h1-5,7,9H,6,8,10H2,(H,19,20,22). The molecule has 4 rings (SSSR count). The minimum atomic E-state index is -0.336. The third-order valence-electron chi connectivity index (χ3n) is 3.87. The fourth-order valence-corrected chi connectivity index (χ4v) is 3.66. The molecule has 0 radical (unpaired) electrons. The van der Waals surface area contributed by atoms with Gasteiger partial charge in [0.25, 0.3) is 11.8 Å². The summed E-state index contributed by atoms with van der Waals surface area (Å²) in [6.07, 6.45) is 3.71. The first-order valence-electron chi connectivity index (χ1n) is 7.74. The number of amides is 2. The van der Waals surface area contributed by atoms with E-state index in [2.05, 4.69) is 15.3 Å². The van der Waals surface area contributed by atoms with Gasteiger partial charge in [-0.15, -0.1) is 0 Å². The Kier molecular flexibility index (Phi) is 4.02. The van der Waals surface area contributed by atoms with Gasteiger partial charge in [0.2, 0.25) is 0 Å². The van der Waals surface area contributed by atoms with Gasteiger partial charge in [0.05, 0.1) is 18.5 Å². The minimum Gasteiger partial charge on any atom is -0.459 e. The van der Waals surface area contributed by atoms with Crippen molar-refractivity contribution in [3.63, 3.8) is 0 Å². The summed E-state index contributed by atoms with van der Waals surface area (Å²) in [5, 5.41) is 3.25. The van der Waals surface area contributed by atoms with E-state index in [1.807, 2.05) is 0 Å².